The van der Waals surface area contributed by atoms with Gasteiger partial charge in [-0.1, -0.05) is 31.0 Å². The minimum Gasteiger partial charge on any atom is -0.490 e. The van der Waals surface area contributed by atoms with Crippen molar-refractivity contribution in [2.45, 2.75) is 26.7 Å². The van der Waals surface area contributed by atoms with E-state index in [1.165, 1.54) is 24.3 Å². The second kappa shape index (κ2) is 8.56. The Morgan fingerprint density at radius 1 is 0.857 bits per heavy atom. The van der Waals surface area contributed by atoms with Gasteiger partial charge in [0.25, 0.3) is 11.8 Å². The van der Waals surface area contributed by atoms with Crippen LogP contribution in [0.25, 0.3) is 0 Å². The van der Waals surface area contributed by atoms with Crippen LogP contribution >= 0.6 is 0 Å². The second-order valence-corrected chi connectivity index (χ2v) is 6.19. The van der Waals surface area contributed by atoms with Gasteiger partial charge < -0.3 is 14.3 Å². The van der Waals surface area contributed by atoms with E-state index in [2.05, 4.69) is 0 Å². The van der Waals surface area contributed by atoms with Crippen molar-refractivity contribution in [3.05, 3.63) is 59.2 Å². The summed E-state index contributed by atoms with van der Waals surface area (Å²) in [5, 5.41) is 0.487. The zero-order valence-corrected chi connectivity index (χ0v) is 15.8. The van der Waals surface area contributed by atoms with E-state index in [4.69, 9.17) is 14.3 Å². The maximum absolute atomic E-state index is 12.5. The Morgan fingerprint density at radius 3 is 2.00 bits per heavy atom. The van der Waals surface area contributed by atoms with Gasteiger partial charge in [-0.05, 0) is 43.2 Å². The Kier molecular flexibility index (Phi) is 5.93. The Balaban J connectivity index is 1.79. The maximum atomic E-state index is 12.5. The van der Waals surface area contributed by atoms with Gasteiger partial charge in [0.15, 0.2) is 11.5 Å². The molecule has 2 aromatic carbocycles. The van der Waals surface area contributed by atoms with Crippen LogP contribution in [0.1, 0.15) is 57.8 Å². The molecule has 0 aliphatic carbocycles. The molecular weight excluding hydrogens is 362 g/mol. The predicted octanol–water partition coefficient (Wildman–Crippen LogP) is 3.63. The molecule has 1 aliphatic rings. The standard InChI is InChI=1S/C21H21NO6/c1-3-11-26-17-10-9-14(13-18(17)27-12-4-2)21(25)28-22-19(23)15-7-5-6-8-16(15)20(22)24/h5-10,13H,3-4,11-12H2,1-2H3. The number of carbonyl (C=O) groups is 3. The van der Waals surface area contributed by atoms with Crippen molar-refractivity contribution in [3.63, 3.8) is 0 Å². The summed E-state index contributed by atoms with van der Waals surface area (Å²) in [6.45, 7) is 4.92. The summed E-state index contributed by atoms with van der Waals surface area (Å²) in [6.07, 6.45) is 1.62. The Hall–Kier alpha value is -3.35. The number of rotatable bonds is 8. The average molecular weight is 383 g/mol. The van der Waals surface area contributed by atoms with Gasteiger partial charge in [0.1, 0.15) is 0 Å². The molecule has 0 fully saturated rings. The molecule has 7 heteroatoms. The van der Waals surface area contributed by atoms with E-state index in [1.54, 1.807) is 18.2 Å². The van der Waals surface area contributed by atoms with Crippen molar-refractivity contribution in [2.75, 3.05) is 13.2 Å². The van der Waals surface area contributed by atoms with Crippen LogP contribution in [0.15, 0.2) is 42.5 Å². The highest BCUT2D eigenvalue weighted by atomic mass is 16.7. The van der Waals surface area contributed by atoms with E-state index in [0.29, 0.717) is 29.8 Å². The fourth-order valence-corrected chi connectivity index (χ4v) is 2.68. The van der Waals surface area contributed by atoms with Gasteiger partial charge in [-0.15, -0.1) is 0 Å². The fourth-order valence-electron chi connectivity index (χ4n) is 2.68. The smallest absolute Gasteiger partial charge is 0.364 e. The first-order valence-electron chi connectivity index (χ1n) is 9.16. The summed E-state index contributed by atoms with van der Waals surface area (Å²) in [4.78, 5) is 42.3. The first-order chi connectivity index (χ1) is 13.6. The molecule has 0 N–H and O–H groups in total. The molecule has 2 amide bonds. The van der Waals surface area contributed by atoms with Crippen molar-refractivity contribution in [1.29, 1.82) is 0 Å². The molecule has 146 valence electrons. The molecule has 3 rings (SSSR count). The molecule has 0 bridgehead atoms. The van der Waals surface area contributed by atoms with E-state index in [-0.39, 0.29) is 16.7 Å². The van der Waals surface area contributed by atoms with Crippen LogP contribution in [0.3, 0.4) is 0 Å². The van der Waals surface area contributed by atoms with Gasteiger partial charge in [0, 0.05) is 0 Å². The van der Waals surface area contributed by atoms with Crippen molar-refractivity contribution < 1.29 is 28.7 Å². The van der Waals surface area contributed by atoms with E-state index < -0.39 is 17.8 Å². The monoisotopic (exact) mass is 383 g/mol. The number of benzene rings is 2. The lowest BCUT2D eigenvalue weighted by Crippen LogP contribution is -2.32. The van der Waals surface area contributed by atoms with Crippen LogP contribution in [0, 0.1) is 0 Å². The van der Waals surface area contributed by atoms with Crippen molar-refractivity contribution >= 4 is 17.8 Å². The largest absolute Gasteiger partial charge is 0.490 e. The molecule has 0 atom stereocenters. The van der Waals surface area contributed by atoms with Crippen LogP contribution in [0.4, 0.5) is 0 Å². The maximum Gasteiger partial charge on any atom is 0.364 e. The SMILES string of the molecule is CCCOc1ccc(C(=O)ON2C(=O)c3ccccc3C2=O)cc1OCCC. The number of nitrogens with zero attached hydrogens (tertiary/aromatic N) is 1. The van der Waals surface area contributed by atoms with Gasteiger partial charge in [-0.2, -0.15) is 0 Å². The fraction of sp³-hybridized carbons (Fsp3) is 0.286. The first kappa shape index (κ1) is 19.4. The normalized spacial score (nSPS) is 12.7. The summed E-state index contributed by atoms with van der Waals surface area (Å²) in [5.41, 5.74) is 0.553. The molecule has 0 unspecified atom stereocenters. The quantitative estimate of drug-likeness (QED) is 0.648. The lowest BCUT2D eigenvalue weighted by Gasteiger charge is -2.15. The molecule has 1 aliphatic heterocycles. The molecule has 0 saturated heterocycles. The number of hydrogen-bond acceptors (Lipinski definition) is 6. The van der Waals surface area contributed by atoms with Crippen molar-refractivity contribution in [3.8, 4) is 11.5 Å². The van der Waals surface area contributed by atoms with Crippen molar-refractivity contribution in [1.82, 2.24) is 5.06 Å². The van der Waals surface area contributed by atoms with Gasteiger partial charge in [-0.25, -0.2) is 4.79 Å². The van der Waals surface area contributed by atoms with Crippen LogP contribution in [0.5, 0.6) is 11.5 Å². The first-order valence-corrected chi connectivity index (χ1v) is 9.16. The lowest BCUT2D eigenvalue weighted by molar-refractivity contribution is -0.0584. The topological polar surface area (TPSA) is 82.1 Å². The third kappa shape index (κ3) is 3.83. The number of imide groups is 1. The number of carbonyl (C=O) groups excluding carboxylic acids is 3. The molecule has 1 heterocycles. The van der Waals surface area contributed by atoms with E-state index in [1.807, 2.05) is 13.8 Å². The molecule has 28 heavy (non-hydrogen) atoms. The highest BCUT2D eigenvalue weighted by Gasteiger charge is 2.38. The number of hydroxylamine groups is 2. The molecule has 0 spiro atoms. The zero-order valence-electron chi connectivity index (χ0n) is 15.8. The van der Waals surface area contributed by atoms with Crippen LogP contribution in [0.2, 0.25) is 0 Å². The average Bonchev–Trinajstić information content (AvgIpc) is 2.96. The second-order valence-electron chi connectivity index (χ2n) is 6.19. The van der Waals surface area contributed by atoms with Crippen LogP contribution < -0.4 is 9.47 Å². The molecule has 0 radical (unpaired) electrons. The minimum atomic E-state index is -0.835. The minimum absolute atomic E-state index is 0.145. The zero-order chi connectivity index (χ0) is 20.1. The van der Waals surface area contributed by atoms with Crippen LogP contribution in [-0.2, 0) is 4.84 Å². The van der Waals surface area contributed by atoms with E-state index in [0.717, 1.165) is 12.8 Å². The van der Waals surface area contributed by atoms with Gasteiger partial charge in [-0.3, -0.25) is 9.59 Å². The number of hydrogen-bond donors (Lipinski definition) is 0. The van der Waals surface area contributed by atoms with E-state index >= 15 is 0 Å². The van der Waals surface area contributed by atoms with Crippen molar-refractivity contribution in [2.24, 2.45) is 0 Å². The summed E-state index contributed by atoms with van der Waals surface area (Å²) >= 11 is 0. The summed E-state index contributed by atoms with van der Waals surface area (Å²) in [6, 6.07) is 10.9. The number of amides is 2. The van der Waals surface area contributed by atoms with Crippen LogP contribution in [-0.4, -0.2) is 36.1 Å². The third-order valence-electron chi connectivity index (χ3n) is 4.03. The third-order valence-corrected chi connectivity index (χ3v) is 4.03. The highest BCUT2D eigenvalue weighted by Crippen LogP contribution is 2.30. The van der Waals surface area contributed by atoms with Gasteiger partial charge in [0.05, 0.1) is 29.9 Å². The molecular formula is C21H21NO6. The highest BCUT2D eigenvalue weighted by molar-refractivity contribution is 6.21. The van der Waals surface area contributed by atoms with Gasteiger partial charge >= 0.3 is 5.97 Å². The molecule has 0 aromatic heterocycles. The van der Waals surface area contributed by atoms with E-state index in [9.17, 15) is 14.4 Å². The number of fused-ring (bicyclic) bond motifs is 1. The molecule has 0 saturated carbocycles. The van der Waals surface area contributed by atoms with Gasteiger partial charge in [0.2, 0.25) is 0 Å². The molecule has 7 nitrogen and oxygen atoms in total. The lowest BCUT2D eigenvalue weighted by atomic mass is 10.1. The summed E-state index contributed by atoms with van der Waals surface area (Å²) < 4.78 is 11.3. The Labute approximate surface area is 162 Å². The summed E-state index contributed by atoms with van der Waals surface area (Å²) in [7, 11) is 0. The predicted molar refractivity (Wildman–Crippen MR) is 100 cm³/mol. The molecule has 2 aromatic rings. The Morgan fingerprint density at radius 2 is 1.43 bits per heavy atom. The summed E-state index contributed by atoms with van der Waals surface area (Å²) in [5.74, 6) is -1.24. The number of ether oxygens (including phenoxy) is 2. The Bertz CT molecular complexity index is 873.